The van der Waals surface area contributed by atoms with E-state index in [0.29, 0.717) is 31.0 Å². The quantitative estimate of drug-likeness (QED) is 0.464. The van der Waals surface area contributed by atoms with Crippen molar-refractivity contribution in [3.63, 3.8) is 0 Å². The molecule has 1 atom stereocenters. The minimum atomic E-state index is -0.587. The van der Waals surface area contributed by atoms with Crippen LogP contribution in [0, 0.1) is 0 Å². The van der Waals surface area contributed by atoms with E-state index in [1.54, 1.807) is 0 Å². The predicted molar refractivity (Wildman–Crippen MR) is 128 cm³/mol. The number of ether oxygens (including phenoxy) is 2. The second kappa shape index (κ2) is 9.90. The molecule has 33 heavy (non-hydrogen) atoms. The number of unbranched alkanes of at least 4 members (excludes halogenated alkanes) is 1. The van der Waals surface area contributed by atoms with Gasteiger partial charge in [0.15, 0.2) is 5.82 Å². The molecule has 2 N–H and O–H groups in total. The fourth-order valence-electron chi connectivity index (χ4n) is 4.11. The van der Waals surface area contributed by atoms with Gasteiger partial charge in [-0.2, -0.15) is 0 Å². The normalized spacial score (nSPS) is 18.2. The van der Waals surface area contributed by atoms with Crippen molar-refractivity contribution >= 4 is 17.1 Å². The van der Waals surface area contributed by atoms with E-state index < -0.39 is 5.54 Å². The van der Waals surface area contributed by atoms with Gasteiger partial charge in [0, 0.05) is 6.42 Å². The molecular formula is C26H30N4O3. The Kier molecular flexibility index (Phi) is 6.77. The molecule has 0 saturated heterocycles. The van der Waals surface area contributed by atoms with Gasteiger partial charge in [-0.1, -0.05) is 37.6 Å². The van der Waals surface area contributed by atoms with Crippen LogP contribution in [0.4, 0.5) is 0 Å². The Bertz CT molecular complexity index is 1110. The Hall–Kier alpha value is -3.61. The second-order valence-electron chi connectivity index (χ2n) is 8.34. The minimum Gasteiger partial charge on any atom is -0.494 e. The lowest BCUT2D eigenvalue weighted by atomic mass is 9.78. The molecule has 1 aromatic heterocycles. The van der Waals surface area contributed by atoms with Crippen molar-refractivity contribution in [2.45, 2.75) is 45.6 Å². The maximum absolute atomic E-state index is 13.4. The summed E-state index contributed by atoms with van der Waals surface area (Å²) >= 11 is 0. The monoisotopic (exact) mass is 446 g/mol. The number of rotatable bonds is 9. The van der Waals surface area contributed by atoms with Crippen LogP contribution in [0.3, 0.4) is 0 Å². The first-order chi connectivity index (χ1) is 16.0. The molecule has 0 spiro atoms. The zero-order valence-electron chi connectivity index (χ0n) is 19.4. The second-order valence-corrected chi connectivity index (χ2v) is 8.34. The summed E-state index contributed by atoms with van der Waals surface area (Å²) < 4.78 is 11.4. The molecule has 1 amide bonds. The number of amides is 1. The number of aromatic amines is 1. The Morgan fingerprint density at radius 3 is 2.33 bits per heavy atom. The number of nitrogens with one attached hydrogen (secondary N) is 2. The van der Waals surface area contributed by atoms with Crippen molar-refractivity contribution in [3.05, 3.63) is 71.8 Å². The molecule has 0 radical (unpaired) electrons. The van der Waals surface area contributed by atoms with Crippen LogP contribution in [0.5, 0.6) is 11.5 Å². The number of carbonyl (C=O) groups excluding carboxylic acids is 1. The zero-order valence-corrected chi connectivity index (χ0v) is 19.4. The van der Waals surface area contributed by atoms with Gasteiger partial charge in [0.1, 0.15) is 17.8 Å². The average Bonchev–Trinajstić information content (AvgIpc) is 3.34. The summed E-state index contributed by atoms with van der Waals surface area (Å²) in [5, 5.41) is 11.2. The zero-order chi connectivity index (χ0) is 23.3. The molecule has 3 aromatic rings. The summed E-state index contributed by atoms with van der Waals surface area (Å²) in [6, 6.07) is 15.8. The van der Waals surface area contributed by atoms with Crippen molar-refractivity contribution in [3.8, 4) is 11.5 Å². The lowest BCUT2D eigenvalue weighted by molar-refractivity contribution is -0.117. The Balaban J connectivity index is 1.69. The Labute approximate surface area is 194 Å². The summed E-state index contributed by atoms with van der Waals surface area (Å²) in [5.41, 5.74) is 2.79. The van der Waals surface area contributed by atoms with Gasteiger partial charge in [0.25, 0.3) is 5.91 Å². The Morgan fingerprint density at radius 2 is 1.70 bits per heavy atom. The fourth-order valence-corrected chi connectivity index (χ4v) is 4.11. The van der Waals surface area contributed by atoms with Gasteiger partial charge >= 0.3 is 0 Å². The summed E-state index contributed by atoms with van der Waals surface area (Å²) in [5.74, 6) is 1.90. The van der Waals surface area contributed by atoms with E-state index in [-0.39, 0.29) is 5.91 Å². The van der Waals surface area contributed by atoms with Crippen LogP contribution in [-0.2, 0) is 10.3 Å². The van der Waals surface area contributed by atoms with Crippen LogP contribution < -0.4 is 14.8 Å². The molecule has 2 heterocycles. The summed E-state index contributed by atoms with van der Waals surface area (Å²) in [6.45, 7) is 7.44. The van der Waals surface area contributed by atoms with E-state index in [1.165, 1.54) is 6.33 Å². The van der Waals surface area contributed by atoms with Crippen molar-refractivity contribution in [2.75, 3.05) is 13.2 Å². The van der Waals surface area contributed by atoms with Crippen molar-refractivity contribution in [2.24, 2.45) is 0 Å². The smallest absolute Gasteiger partial charge is 0.256 e. The number of nitrogens with zero attached hydrogens (tertiary/aromatic N) is 2. The summed E-state index contributed by atoms with van der Waals surface area (Å²) in [6.07, 6.45) is 4.20. The molecule has 0 fully saturated rings. The molecule has 2 aromatic carbocycles. The number of H-pyrrole nitrogens is 1. The molecule has 0 aliphatic carbocycles. The van der Waals surface area contributed by atoms with Gasteiger partial charge < -0.3 is 19.8 Å². The first-order valence-electron chi connectivity index (χ1n) is 11.4. The summed E-state index contributed by atoms with van der Waals surface area (Å²) in [4.78, 5) is 16.4. The van der Waals surface area contributed by atoms with Crippen molar-refractivity contribution < 1.29 is 14.3 Å². The number of hydrogen-bond donors (Lipinski definition) is 2. The third kappa shape index (κ3) is 4.92. The fraction of sp³-hybridized carbons (Fsp3) is 0.346. The molecule has 172 valence electrons. The maximum Gasteiger partial charge on any atom is 0.256 e. The third-order valence-electron chi connectivity index (χ3n) is 5.87. The van der Waals surface area contributed by atoms with Crippen molar-refractivity contribution in [1.82, 2.24) is 20.5 Å². The largest absolute Gasteiger partial charge is 0.494 e. The predicted octanol–water partition coefficient (Wildman–Crippen LogP) is 4.73. The molecule has 7 heteroatoms. The van der Waals surface area contributed by atoms with E-state index in [9.17, 15) is 4.79 Å². The van der Waals surface area contributed by atoms with E-state index in [2.05, 4.69) is 27.4 Å². The Morgan fingerprint density at radius 1 is 1.00 bits per heavy atom. The van der Waals surface area contributed by atoms with Crippen LogP contribution in [0.1, 0.15) is 57.0 Å². The molecule has 1 unspecified atom stereocenters. The van der Waals surface area contributed by atoms with E-state index in [1.807, 2.05) is 62.4 Å². The van der Waals surface area contributed by atoms with Crippen LogP contribution in [-0.4, -0.2) is 34.3 Å². The molecule has 4 rings (SSSR count). The van der Waals surface area contributed by atoms with Crippen molar-refractivity contribution in [1.29, 1.82) is 0 Å². The van der Waals surface area contributed by atoms with Gasteiger partial charge in [-0.3, -0.25) is 4.79 Å². The van der Waals surface area contributed by atoms with E-state index in [0.717, 1.165) is 41.0 Å². The van der Waals surface area contributed by atoms with Crippen LogP contribution in [0.2, 0.25) is 0 Å². The first-order valence-corrected chi connectivity index (χ1v) is 11.4. The highest BCUT2D eigenvalue weighted by Crippen LogP contribution is 2.41. The topological polar surface area (TPSA) is 89.1 Å². The average molecular weight is 447 g/mol. The number of aromatic nitrogens is 3. The number of benzene rings is 2. The highest BCUT2D eigenvalue weighted by Gasteiger charge is 2.38. The van der Waals surface area contributed by atoms with Crippen LogP contribution in [0.15, 0.2) is 54.9 Å². The molecule has 1 aliphatic heterocycles. The molecule has 1 aliphatic rings. The molecular weight excluding hydrogens is 416 g/mol. The molecule has 7 nitrogen and oxygen atoms in total. The number of carbonyl (C=O) groups is 1. The van der Waals surface area contributed by atoms with Gasteiger partial charge in [-0.05, 0) is 61.2 Å². The minimum absolute atomic E-state index is 0.187. The maximum atomic E-state index is 13.4. The standard InChI is InChI=1S/C26H30N4O3/c1-4-6-15-33-21-13-9-19(10-14-21)26(3)16-22(18-7-11-20(12-8-18)32-5-2)23(25(31)29-26)24-27-17-28-30-24/h7-14,17H,4-6,15-16H2,1-3H3,(H,29,31)(H,27,28,30). The van der Waals surface area contributed by atoms with E-state index in [4.69, 9.17) is 9.47 Å². The van der Waals surface area contributed by atoms with Gasteiger partial charge in [-0.15, -0.1) is 10.2 Å². The lowest BCUT2D eigenvalue weighted by Gasteiger charge is -2.37. The molecule has 0 saturated carbocycles. The SMILES string of the molecule is CCCCOc1ccc(C2(C)CC(c3ccc(OCC)cc3)=C(c3nnc[nH]3)C(=O)N2)cc1. The van der Waals surface area contributed by atoms with E-state index >= 15 is 0 Å². The van der Waals surface area contributed by atoms with Crippen LogP contribution >= 0.6 is 0 Å². The third-order valence-corrected chi connectivity index (χ3v) is 5.87. The highest BCUT2D eigenvalue weighted by molar-refractivity contribution is 6.27. The lowest BCUT2D eigenvalue weighted by Crippen LogP contribution is -2.47. The van der Waals surface area contributed by atoms with Gasteiger partial charge in [0.05, 0.1) is 24.3 Å². The summed E-state index contributed by atoms with van der Waals surface area (Å²) in [7, 11) is 0. The molecule has 0 bridgehead atoms. The first kappa shape index (κ1) is 22.6. The highest BCUT2D eigenvalue weighted by atomic mass is 16.5. The van der Waals surface area contributed by atoms with Crippen LogP contribution in [0.25, 0.3) is 11.1 Å². The van der Waals surface area contributed by atoms with Gasteiger partial charge in [-0.25, -0.2) is 0 Å². The van der Waals surface area contributed by atoms with Gasteiger partial charge in [0.2, 0.25) is 0 Å². The number of hydrogen-bond acceptors (Lipinski definition) is 5.